The Morgan fingerprint density at radius 3 is 2.56 bits per heavy atom. The Morgan fingerprint density at radius 1 is 1.19 bits per heavy atom. The van der Waals surface area contributed by atoms with Crippen LogP contribution < -0.4 is 5.32 Å². The topological polar surface area (TPSA) is 50.8 Å². The molecule has 0 saturated heterocycles. The van der Waals surface area contributed by atoms with Crippen molar-refractivity contribution in [3.8, 4) is 0 Å². The number of methoxy groups -OCH3 is 1. The van der Waals surface area contributed by atoms with Crippen molar-refractivity contribution in [2.75, 3.05) is 54.1 Å². The molecule has 0 radical (unpaired) electrons. The number of nitrogens with zero attached hydrogens (tertiary/aromatic N) is 1. The van der Waals surface area contributed by atoms with E-state index in [2.05, 4.69) is 5.32 Å². The highest BCUT2D eigenvalue weighted by molar-refractivity contribution is 5.75. The summed E-state index contributed by atoms with van der Waals surface area (Å²) < 4.78 is 10.2. The quantitative estimate of drug-likeness (QED) is 0.543. The molecule has 5 heteroatoms. The van der Waals surface area contributed by atoms with E-state index in [0.717, 1.165) is 26.1 Å². The fourth-order valence-electron chi connectivity index (χ4n) is 1.09. The first-order chi connectivity index (χ1) is 7.68. The van der Waals surface area contributed by atoms with Crippen LogP contribution in [-0.4, -0.2) is 64.9 Å². The number of hydrogen-bond acceptors (Lipinski definition) is 4. The summed E-state index contributed by atoms with van der Waals surface area (Å²) in [7, 11) is 5.20. The molecule has 0 unspecified atom stereocenters. The van der Waals surface area contributed by atoms with Crippen molar-refractivity contribution in [2.45, 2.75) is 12.8 Å². The monoisotopic (exact) mass is 232 g/mol. The smallest absolute Gasteiger partial charge is 0.223 e. The van der Waals surface area contributed by atoms with Crippen LogP contribution in [0.25, 0.3) is 0 Å². The number of rotatable bonds is 10. The van der Waals surface area contributed by atoms with Crippen LogP contribution >= 0.6 is 0 Å². The van der Waals surface area contributed by atoms with Crippen molar-refractivity contribution >= 4 is 5.91 Å². The SMILES string of the molecule is COCCOCCCNCCC(=O)N(C)C. The normalized spacial score (nSPS) is 10.4. The summed E-state index contributed by atoms with van der Waals surface area (Å²) >= 11 is 0. The van der Waals surface area contributed by atoms with Gasteiger partial charge in [0.2, 0.25) is 5.91 Å². The van der Waals surface area contributed by atoms with Gasteiger partial charge in [-0.1, -0.05) is 0 Å². The van der Waals surface area contributed by atoms with E-state index in [0.29, 0.717) is 19.6 Å². The summed E-state index contributed by atoms with van der Waals surface area (Å²) in [5.41, 5.74) is 0. The molecule has 0 aromatic heterocycles. The molecule has 96 valence electrons. The van der Waals surface area contributed by atoms with Gasteiger partial charge in [0.1, 0.15) is 0 Å². The van der Waals surface area contributed by atoms with Crippen LogP contribution in [0.3, 0.4) is 0 Å². The van der Waals surface area contributed by atoms with Crippen LogP contribution in [0.2, 0.25) is 0 Å². The van der Waals surface area contributed by atoms with Crippen LogP contribution in [0.1, 0.15) is 12.8 Å². The van der Waals surface area contributed by atoms with Crippen LogP contribution in [0.5, 0.6) is 0 Å². The standard InChI is InChI=1S/C11H24N2O3/c1-13(2)11(14)5-7-12-6-4-8-16-10-9-15-3/h12H,4-10H2,1-3H3. The molecule has 0 aliphatic carbocycles. The number of nitrogens with one attached hydrogen (secondary N) is 1. The van der Waals surface area contributed by atoms with E-state index >= 15 is 0 Å². The second kappa shape index (κ2) is 10.9. The van der Waals surface area contributed by atoms with Gasteiger partial charge in [-0.25, -0.2) is 0 Å². The van der Waals surface area contributed by atoms with E-state index in [1.807, 2.05) is 0 Å². The molecule has 0 aromatic carbocycles. The lowest BCUT2D eigenvalue weighted by molar-refractivity contribution is -0.128. The third-order valence-corrected chi connectivity index (χ3v) is 2.09. The lowest BCUT2D eigenvalue weighted by atomic mass is 10.3. The van der Waals surface area contributed by atoms with E-state index in [1.54, 1.807) is 26.1 Å². The second-order valence-corrected chi connectivity index (χ2v) is 3.75. The van der Waals surface area contributed by atoms with Crippen LogP contribution in [-0.2, 0) is 14.3 Å². The maximum Gasteiger partial charge on any atom is 0.223 e. The molecule has 0 spiro atoms. The van der Waals surface area contributed by atoms with Crippen molar-refractivity contribution in [3.05, 3.63) is 0 Å². The lowest BCUT2D eigenvalue weighted by Crippen LogP contribution is -2.27. The summed E-state index contributed by atoms with van der Waals surface area (Å²) in [6, 6.07) is 0. The average molecular weight is 232 g/mol. The first-order valence-corrected chi connectivity index (χ1v) is 5.66. The first-order valence-electron chi connectivity index (χ1n) is 5.66. The van der Waals surface area contributed by atoms with E-state index in [1.165, 1.54) is 0 Å². The minimum absolute atomic E-state index is 0.156. The van der Waals surface area contributed by atoms with Gasteiger partial charge in [-0.2, -0.15) is 0 Å². The Kier molecular flexibility index (Phi) is 10.4. The maximum absolute atomic E-state index is 11.2. The number of hydrogen-bond donors (Lipinski definition) is 1. The minimum atomic E-state index is 0.156. The molecule has 0 rings (SSSR count). The van der Waals surface area contributed by atoms with Gasteiger partial charge in [0.15, 0.2) is 0 Å². The third-order valence-electron chi connectivity index (χ3n) is 2.09. The largest absolute Gasteiger partial charge is 0.382 e. The third kappa shape index (κ3) is 9.89. The molecule has 0 aliphatic rings. The van der Waals surface area contributed by atoms with Crippen molar-refractivity contribution in [2.24, 2.45) is 0 Å². The van der Waals surface area contributed by atoms with E-state index in [4.69, 9.17) is 9.47 Å². The zero-order valence-corrected chi connectivity index (χ0v) is 10.6. The molecule has 0 saturated carbocycles. The second-order valence-electron chi connectivity index (χ2n) is 3.75. The van der Waals surface area contributed by atoms with Gasteiger partial charge < -0.3 is 19.7 Å². The first kappa shape index (κ1) is 15.3. The van der Waals surface area contributed by atoms with Crippen molar-refractivity contribution in [1.29, 1.82) is 0 Å². The molecule has 0 aromatic rings. The zero-order valence-electron chi connectivity index (χ0n) is 10.6. The summed E-state index contributed by atoms with van der Waals surface area (Å²) in [6.07, 6.45) is 1.51. The van der Waals surface area contributed by atoms with Crippen molar-refractivity contribution in [3.63, 3.8) is 0 Å². The molecule has 1 amide bonds. The Balaban J connectivity index is 3.07. The molecule has 1 N–H and O–H groups in total. The minimum Gasteiger partial charge on any atom is -0.382 e. The molecule has 0 fully saturated rings. The summed E-state index contributed by atoms with van der Waals surface area (Å²) in [4.78, 5) is 12.8. The van der Waals surface area contributed by atoms with Gasteiger partial charge >= 0.3 is 0 Å². The van der Waals surface area contributed by atoms with Gasteiger partial charge in [-0.15, -0.1) is 0 Å². The number of amides is 1. The van der Waals surface area contributed by atoms with E-state index in [-0.39, 0.29) is 5.91 Å². The molecule has 0 aliphatic heterocycles. The van der Waals surface area contributed by atoms with E-state index in [9.17, 15) is 4.79 Å². The highest BCUT2D eigenvalue weighted by Crippen LogP contribution is 1.86. The van der Waals surface area contributed by atoms with Crippen LogP contribution in [0, 0.1) is 0 Å². The number of carbonyl (C=O) groups excluding carboxylic acids is 1. The van der Waals surface area contributed by atoms with Crippen molar-refractivity contribution in [1.82, 2.24) is 10.2 Å². The number of carbonyl (C=O) groups is 1. The van der Waals surface area contributed by atoms with Gasteiger partial charge in [0.25, 0.3) is 0 Å². The predicted octanol–water partition coefficient (Wildman–Crippen LogP) is 0.107. The Labute approximate surface area is 98.1 Å². The Morgan fingerprint density at radius 2 is 1.94 bits per heavy atom. The number of ether oxygens (including phenoxy) is 2. The molecule has 5 nitrogen and oxygen atoms in total. The Bertz CT molecular complexity index is 175. The molecule has 0 bridgehead atoms. The van der Waals surface area contributed by atoms with Crippen LogP contribution in [0.4, 0.5) is 0 Å². The highest BCUT2D eigenvalue weighted by atomic mass is 16.5. The molecule has 16 heavy (non-hydrogen) atoms. The predicted molar refractivity (Wildman–Crippen MR) is 63.5 cm³/mol. The molecule has 0 atom stereocenters. The van der Waals surface area contributed by atoms with E-state index < -0.39 is 0 Å². The Hall–Kier alpha value is -0.650. The van der Waals surface area contributed by atoms with Gasteiger partial charge in [-0.05, 0) is 13.0 Å². The summed E-state index contributed by atoms with van der Waals surface area (Å²) in [6.45, 7) is 3.64. The zero-order chi connectivity index (χ0) is 12.2. The average Bonchev–Trinajstić information content (AvgIpc) is 2.26. The summed E-state index contributed by atoms with van der Waals surface area (Å²) in [5, 5.41) is 3.20. The fraction of sp³-hybridized carbons (Fsp3) is 0.909. The molecular weight excluding hydrogens is 208 g/mol. The van der Waals surface area contributed by atoms with Crippen molar-refractivity contribution < 1.29 is 14.3 Å². The van der Waals surface area contributed by atoms with Gasteiger partial charge in [0, 0.05) is 40.8 Å². The highest BCUT2D eigenvalue weighted by Gasteiger charge is 2.01. The van der Waals surface area contributed by atoms with Crippen LogP contribution in [0.15, 0.2) is 0 Å². The maximum atomic E-state index is 11.2. The van der Waals surface area contributed by atoms with Gasteiger partial charge in [-0.3, -0.25) is 4.79 Å². The van der Waals surface area contributed by atoms with Gasteiger partial charge in [0.05, 0.1) is 13.2 Å². The molecule has 0 heterocycles. The lowest BCUT2D eigenvalue weighted by Gasteiger charge is -2.10. The summed E-state index contributed by atoms with van der Waals surface area (Å²) in [5.74, 6) is 0.156. The molecular formula is C11H24N2O3. The fourth-order valence-corrected chi connectivity index (χ4v) is 1.09.